The maximum Gasteiger partial charge on any atom is 0.316 e. The Morgan fingerprint density at radius 2 is 1.39 bits per heavy atom. The van der Waals surface area contributed by atoms with Gasteiger partial charge in [-0.1, -0.05) is 0 Å². The number of carboxylic acids is 1. The number of allylic oxidation sites excluding steroid dienone is 1. The number of carbonyl (C=O) groups is 3. The van der Waals surface area contributed by atoms with Crippen molar-refractivity contribution >= 4 is 18.2 Å². The van der Waals surface area contributed by atoms with Crippen LogP contribution >= 0.6 is 0 Å². The number of rotatable bonds is 2. The molecule has 5 heteroatoms. The lowest BCUT2D eigenvalue weighted by molar-refractivity contribution is -0.147. The molecule has 0 bridgehead atoms. The van der Waals surface area contributed by atoms with Gasteiger partial charge >= 0.3 is 11.9 Å². The second-order valence-electron chi connectivity index (χ2n) is 5.68. The lowest BCUT2D eigenvalue weighted by Gasteiger charge is -2.13. The van der Waals surface area contributed by atoms with E-state index in [4.69, 9.17) is 5.11 Å². The first kappa shape index (κ1) is 18.7. The number of aliphatic carboxylic acids is 1. The number of esters is 1. The van der Waals surface area contributed by atoms with Crippen LogP contribution in [0.3, 0.4) is 0 Å². The third-order valence-corrected chi connectivity index (χ3v) is 1.59. The summed E-state index contributed by atoms with van der Waals surface area (Å²) in [6, 6.07) is 0. The highest BCUT2D eigenvalue weighted by Gasteiger charge is 2.22. The van der Waals surface area contributed by atoms with E-state index in [1.807, 2.05) is 0 Å². The van der Waals surface area contributed by atoms with Crippen LogP contribution in [-0.4, -0.2) is 23.3 Å². The zero-order chi connectivity index (χ0) is 15.0. The van der Waals surface area contributed by atoms with Crippen LogP contribution in [0.25, 0.3) is 0 Å². The standard InChI is InChI=1S/C8H12O3.C5H10O2/c1-8(2,3)7(10)11-6-4-5-9;1-5(2,3)4(6)7/h4-6H,1-3H3;1-3H3,(H,6,7). The second kappa shape index (κ2) is 7.63. The Labute approximate surface area is 108 Å². The summed E-state index contributed by atoms with van der Waals surface area (Å²) in [6.07, 6.45) is 2.76. The highest BCUT2D eigenvalue weighted by atomic mass is 16.5. The molecular weight excluding hydrogens is 236 g/mol. The largest absolute Gasteiger partial charge is 0.481 e. The number of carboxylic acid groups (broad SMARTS) is 1. The third-order valence-electron chi connectivity index (χ3n) is 1.59. The Morgan fingerprint density at radius 1 is 1.00 bits per heavy atom. The first-order chi connectivity index (χ1) is 7.92. The lowest BCUT2D eigenvalue weighted by atomic mass is 9.98. The number of carbonyl (C=O) groups excluding carboxylic acids is 2. The fourth-order valence-corrected chi connectivity index (χ4v) is 0.310. The van der Waals surface area contributed by atoms with Gasteiger partial charge in [0.15, 0.2) is 0 Å². The van der Waals surface area contributed by atoms with Gasteiger partial charge in [0.1, 0.15) is 6.29 Å². The predicted octanol–water partition coefficient (Wildman–Crippen LogP) is 2.41. The normalized spacial score (nSPS) is 11.4. The van der Waals surface area contributed by atoms with Gasteiger partial charge in [-0.15, -0.1) is 0 Å². The van der Waals surface area contributed by atoms with Crippen molar-refractivity contribution in [1.29, 1.82) is 0 Å². The minimum atomic E-state index is -0.757. The Morgan fingerprint density at radius 3 is 1.61 bits per heavy atom. The van der Waals surface area contributed by atoms with Crippen LogP contribution in [0.15, 0.2) is 12.3 Å². The van der Waals surface area contributed by atoms with E-state index < -0.39 is 16.8 Å². The van der Waals surface area contributed by atoms with Gasteiger partial charge < -0.3 is 9.84 Å². The quantitative estimate of drug-likeness (QED) is 0.356. The first-order valence-corrected chi connectivity index (χ1v) is 5.47. The topological polar surface area (TPSA) is 80.7 Å². The molecule has 0 atom stereocenters. The van der Waals surface area contributed by atoms with Crippen molar-refractivity contribution in [3.63, 3.8) is 0 Å². The van der Waals surface area contributed by atoms with Crippen molar-refractivity contribution in [1.82, 2.24) is 0 Å². The van der Waals surface area contributed by atoms with Crippen LogP contribution in [0.1, 0.15) is 41.5 Å². The summed E-state index contributed by atoms with van der Waals surface area (Å²) in [7, 11) is 0. The summed E-state index contributed by atoms with van der Waals surface area (Å²) < 4.78 is 4.60. The van der Waals surface area contributed by atoms with Crippen LogP contribution in [-0.2, 0) is 19.1 Å². The summed E-state index contributed by atoms with van der Waals surface area (Å²) >= 11 is 0. The van der Waals surface area contributed by atoms with Crippen molar-refractivity contribution < 1.29 is 24.2 Å². The maximum absolute atomic E-state index is 11.0. The molecule has 0 unspecified atom stereocenters. The molecule has 0 aliphatic heterocycles. The summed E-state index contributed by atoms with van der Waals surface area (Å²) in [5.74, 6) is -1.11. The molecule has 0 saturated carbocycles. The maximum atomic E-state index is 11.0. The molecule has 0 fully saturated rings. The molecule has 0 aliphatic carbocycles. The van der Waals surface area contributed by atoms with E-state index in [2.05, 4.69) is 4.74 Å². The summed E-state index contributed by atoms with van der Waals surface area (Å²) in [4.78, 5) is 30.7. The van der Waals surface area contributed by atoms with Crippen LogP contribution < -0.4 is 0 Å². The zero-order valence-electron chi connectivity index (χ0n) is 11.8. The Bertz CT molecular complexity index is 315. The monoisotopic (exact) mass is 258 g/mol. The Hall–Kier alpha value is -1.65. The number of ether oxygens (including phenoxy) is 1. The number of aldehydes is 1. The Kier molecular flexibility index (Phi) is 7.93. The van der Waals surface area contributed by atoms with E-state index in [0.29, 0.717) is 6.29 Å². The van der Waals surface area contributed by atoms with Crippen LogP contribution in [0.2, 0.25) is 0 Å². The highest BCUT2D eigenvalue weighted by molar-refractivity contribution is 5.76. The molecule has 5 nitrogen and oxygen atoms in total. The van der Waals surface area contributed by atoms with E-state index in [1.54, 1.807) is 41.5 Å². The van der Waals surface area contributed by atoms with Crippen LogP contribution in [0.4, 0.5) is 0 Å². The molecule has 0 amide bonds. The predicted molar refractivity (Wildman–Crippen MR) is 67.8 cm³/mol. The SMILES string of the molecule is CC(C)(C)C(=O)O.CC(C)(C)C(=O)OC=CC=O. The van der Waals surface area contributed by atoms with Gasteiger partial charge in [-0.05, 0) is 41.5 Å². The van der Waals surface area contributed by atoms with Gasteiger partial charge in [0.2, 0.25) is 0 Å². The molecule has 0 saturated heterocycles. The molecule has 1 N–H and O–H groups in total. The molecule has 0 heterocycles. The van der Waals surface area contributed by atoms with Crippen LogP contribution in [0.5, 0.6) is 0 Å². The molecule has 0 spiro atoms. The molecule has 0 rings (SSSR count). The molecule has 18 heavy (non-hydrogen) atoms. The van der Waals surface area contributed by atoms with Gasteiger partial charge in [-0.25, -0.2) is 0 Å². The molecule has 0 aromatic heterocycles. The molecule has 0 aromatic carbocycles. The van der Waals surface area contributed by atoms with E-state index in [0.717, 1.165) is 12.3 Å². The van der Waals surface area contributed by atoms with E-state index >= 15 is 0 Å². The first-order valence-electron chi connectivity index (χ1n) is 5.47. The van der Waals surface area contributed by atoms with Gasteiger partial charge in [0.05, 0.1) is 17.1 Å². The van der Waals surface area contributed by atoms with Crippen molar-refractivity contribution in [2.45, 2.75) is 41.5 Å². The highest BCUT2D eigenvalue weighted by Crippen LogP contribution is 2.14. The van der Waals surface area contributed by atoms with Gasteiger partial charge in [-0.2, -0.15) is 0 Å². The average molecular weight is 258 g/mol. The average Bonchev–Trinajstić information content (AvgIpc) is 2.15. The van der Waals surface area contributed by atoms with E-state index in [9.17, 15) is 14.4 Å². The van der Waals surface area contributed by atoms with Crippen molar-refractivity contribution in [3.05, 3.63) is 12.3 Å². The fourth-order valence-electron chi connectivity index (χ4n) is 0.310. The van der Waals surface area contributed by atoms with Crippen molar-refractivity contribution in [2.24, 2.45) is 10.8 Å². The van der Waals surface area contributed by atoms with Gasteiger partial charge in [-0.3, -0.25) is 14.4 Å². The summed E-state index contributed by atoms with van der Waals surface area (Å²) in [5, 5.41) is 8.25. The summed E-state index contributed by atoms with van der Waals surface area (Å²) in [6.45, 7) is 10.2. The molecule has 0 radical (unpaired) electrons. The van der Waals surface area contributed by atoms with Crippen LogP contribution in [0, 0.1) is 10.8 Å². The lowest BCUT2D eigenvalue weighted by Crippen LogP contribution is -2.20. The van der Waals surface area contributed by atoms with Crippen molar-refractivity contribution in [3.8, 4) is 0 Å². The smallest absolute Gasteiger partial charge is 0.316 e. The van der Waals surface area contributed by atoms with Gasteiger partial charge in [0, 0.05) is 6.08 Å². The molecule has 0 aliphatic rings. The molecule has 0 aromatic rings. The summed E-state index contributed by atoms with van der Waals surface area (Å²) in [5.41, 5.74) is -1.10. The zero-order valence-corrected chi connectivity index (χ0v) is 11.8. The molecule has 104 valence electrons. The minimum absolute atomic E-state index is 0.351. The minimum Gasteiger partial charge on any atom is -0.481 e. The number of hydrogen-bond acceptors (Lipinski definition) is 4. The van der Waals surface area contributed by atoms with Crippen molar-refractivity contribution in [2.75, 3.05) is 0 Å². The van der Waals surface area contributed by atoms with E-state index in [1.165, 1.54) is 0 Å². The number of hydrogen-bond donors (Lipinski definition) is 1. The molecular formula is C13H22O5. The third kappa shape index (κ3) is 10.9. The van der Waals surface area contributed by atoms with Gasteiger partial charge in [0.25, 0.3) is 0 Å². The van der Waals surface area contributed by atoms with E-state index in [-0.39, 0.29) is 5.97 Å². The Balaban J connectivity index is 0. The second-order valence-corrected chi connectivity index (χ2v) is 5.68. The fraction of sp³-hybridized carbons (Fsp3) is 0.615.